The van der Waals surface area contributed by atoms with E-state index in [1.165, 1.54) is 17.8 Å². The molecule has 1 aliphatic rings. The highest BCUT2D eigenvalue weighted by Gasteiger charge is 2.34. The fourth-order valence-corrected chi connectivity index (χ4v) is 2.44. The minimum atomic E-state index is 0.218. The second-order valence-corrected chi connectivity index (χ2v) is 4.98. The number of nitrogens with two attached hydrogens (primary N) is 1. The first-order valence-electron chi connectivity index (χ1n) is 5.35. The Balaban J connectivity index is 2.36. The SMILES string of the molecule is CC1(C)CCc2c1nc1ccc(N)cn21. The molecule has 15 heavy (non-hydrogen) atoms. The van der Waals surface area contributed by atoms with Crippen LogP contribution >= 0.6 is 0 Å². The van der Waals surface area contributed by atoms with E-state index >= 15 is 0 Å². The summed E-state index contributed by atoms with van der Waals surface area (Å²) in [5.74, 6) is 0. The largest absolute Gasteiger partial charge is 0.398 e. The number of hydrogen-bond donors (Lipinski definition) is 1. The normalized spacial score (nSPS) is 18.3. The van der Waals surface area contributed by atoms with Crippen LogP contribution in [0.15, 0.2) is 18.3 Å². The molecule has 1 aliphatic carbocycles. The molecule has 0 saturated carbocycles. The number of aryl methyl sites for hydroxylation is 1. The highest BCUT2D eigenvalue weighted by molar-refractivity contribution is 5.52. The molecule has 0 bridgehead atoms. The minimum Gasteiger partial charge on any atom is -0.398 e. The summed E-state index contributed by atoms with van der Waals surface area (Å²) in [6, 6.07) is 3.90. The van der Waals surface area contributed by atoms with Gasteiger partial charge in [0.2, 0.25) is 0 Å². The third-order valence-electron chi connectivity index (χ3n) is 3.37. The van der Waals surface area contributed by atoms with Gasteiger partial charge < -0.3 is 10.1 Å². The van der Waals surface area contributed by atoms with Gasteiger partial charge >= 0.3 is 0 Å². The van der Waals surface area contributed by atoms with E-state index in [0.717, 1.165) is 17.8 Å². The van der Waals surface area contributed by atoms with E-state index in [-0.39, 0.29) is 5.41 Å². The van der Waals surface area contributed by atoms with E-state index in [0.29, 0.717) is 0 Å². The van der Waals surface area contributed by atoms with Gasteiger partial charge in [0.05, 0.1) is 5.69 Å². The lowest BCUT2D eigenvalue weighted by molar-refractivity contribution is 0.510. The monoisotopic (exact) mass is 201 g/mol. The summed E-state index contributed by atoms with van der Waals surface area (Å²) >= 11 is 0. The van der Waals surface area contributed by atoms with Crippen LogP contribution in [-0.2, 0) is 11.8 Å². The number of nitrogen functional groups attached to an aromatic ring is 1. The lowest BCUT2D eigenvalue weighted by atomic mass is 9.91. The summed E-state index contributed by atoms with van der Waals surface area (Å²) in [5, 5.41) is 0. The second kappa shape index (κ2) is 2.54. The lowest BCUT2D eigenvalue weighted by Gasteiger charge is -2.14. The van der Waals surface area contributed by atoms with Crippen LogP contribution < -0.4 is 5.73 Å². The van der Waals surface area contributed by atoms with E-state index in [4.69, 9.17) is 10.7 Å². The minimum absolute atomic E-state index is 0.218. The summed E-state index contributed by atoms with van der Waals surface area (Å²) in [5.41, 5.74) is 10.4. The van der Waals surface area contributed by atoms with Crippen molar-refractivity contribution in [3.05, 3.63) is 29.7 Å². The smallest absolute Gasteiger partial charge is 0.137 e. The van der Waals surface area contributed by atoms with Crippen molar-refractivity contribution in [2.75, 3.05) is 5.73 Å². The molecule has 78 valence electrons. The summed E-state index contributed by atoms with van der Waals surface area (Å²) in [7, 11) is 0. The maximum atomic E-state index is 5.80. The Morgan fingerprint density at radius 3 is 3.00 bits per heavy atom. The number of anilines is 1. The van der Waals surface area contributed by atoms with Crippen LogP contribution in [0.4, 0.5) is 5.69 Å². The maximum absolute atomic E-state index is 5.80. The van der Waals surface area contributed by atoms with E-state index in [2.05, 4.69) is 18.2 Å². The van der Waals surface area contributed by atoms with Crippen molar-refractivity contribution in [2.24, 2.45) is 0 Å². The van der Waals surface area contributed by atoms with Gasteiger partial charge in [-0.15, -0.1) is 0 Å². The molecule has 3 heteroatoms. The first-order valence-corrected chi connectivity index (χ1v) is 5.35. The van der Waals surface area contributed by atoms with E-state index in [1.54, 1.807) is 0 Å². The Hall–Kier alpha value is -1.51. The zero-order valence-corrected chi connectivity index (χ0v) is 9.12. The van der Waals surface area contributed by atoms with Gasteiger partial charge in [-0.3, -0.25) is 0 Å². The van der Waals surface area contributed by atoms with E-state index < -0.39 is 0 Å². The Morgan fingerprint density at radius 1 is 1.40 bits per heavy atom. The molecule has 2 N–H and O–H groups in total. The predicted molar refractivity (Wildman–Crippen MR) is 61.0 cm³/mol. The summed E-state index contributed by atoms with van der Waals surface area (Å²) in [6.45, 7) is 4.52. The molecule has 0 aromatic carbocycles. The van der Waals surface area contributed by atoms with Gasteiger partial charge in [-0.1, -0.05) is 13.8 Å². The van der Waals surface area contributed by atoms with Crippen molar-refractivity contribution in [3.8, 4) is 0 Å². The Labute approximate surface area is 88.9 Å². The molecule has 0 amide bonds. The molecule has 0 saturated heterocycles. The van der Waals surface area contributed by atoms with Crippen molar-refractivity contribution in [3.63, 3.8) is 0 Å². The van der Waals surface area contributed by atoms with Crippen LogP contribution in [-0.4, -0.2) is 9.38 Å². The molecule has 0 spiro atoms. The molecular weight excluding hydrogens is 186 g/mol. The summed E-state index contributed by atoms with van der Waals surface area (Å²) in [4.78, 5) is 4.69. The Kier molecular flexibility index (Phi) is 1.48. The van der Waals surface area contributed by atoms with Crippen molar-refractivity contribution < 1.29 is 0 Å². The van der Waals surface area contributed by atoms with Crippen LogP contribution in [0.5, 0.6) is 0 Å². The summed E-state index contributed by atoms with van der Waals surface area (Å²) in [6.07, 6.45) is 4.26. The number of fused-ring (bicyclic) bond motifs is 3. The van der Waals surface area contributed by atoms with Crippen LogP contribution in [0.1, 0.15) is 31.7 Å². The average Bonchev–Trinajstić information content (AvgIpc) is 2.66. The van der Waals surface area contributed by atoms with Gasteiger partial charge in [-0.25, -0.2) is 4.98 Å². The van der Waals surface area contributed by atoms with Gasteiger partial charge in [-0.2, -0.15) is 0 Å². The fraction of sp³-hybridized carbons (Fsp3) is 0.417. The van der Waals surface area contributed by atoms with Gasteiger partial charge in [-0.05, 0) is 25.0 Å². The van der Waals surface area contributed by atoms with Crippen LogP contribution in [0.25, 0.3) is 5.65 Å². The number of aromatic nitrogens is 2. The summed E-state index contributed by atoms with van der Waals surface area (Å²) < 4.78 is 2.14. The molecule has 0 fully saturated rings. The molecule has 2 heterocycles. The van der Waals surface area contributed by atoms with E-state index in [9.17, 15) is 0 Å². The van der Waals surface area contributed by atoms with Crippen molar-refractivity contribution in [1.82, 2.24) is 9.38 Å². The van der Waals surface area contributed by atoms with Gasteiger partial charge in [0.1, 0.15) is 5.65 Å². The number of rotatable bonds is 0. The quantitative estimate of drug-likeness (QED) is 0.709. The van der Waals surface area contributed by atoms with Crippen molar-refractivity contribution in [2.45, 2.75) is 32.1 Å². The highest BCUT2D eigenvalue weighted by Crippen LogP contribution is 2.38. The van der Waals surface area contributed by atoms with Gasteiger partial charge in [0.25, 0.3) is 0 Å². The standard InChI is InChI=1S/C12H15N3/c1-12(2)6-5-9-11(12)14-10-4-3-8(13)7-15(9)10/h3-4,7H,5-6,13H2,1-2H3. The second-order valence-electron chi connectivity index (χ2n) is 4.98. The third-order valence-corrected chi connectivity index (χ3v) is 3.37. The zero-order chi connectivity index (χ0) is 10.6. The number of pyridine rings is 1. The molecule has 0 aliphatic heterocycles. The van der Waals surface area contributed by atoms with Gasteiger partial charge in [0.15, 0.2) is 0 Å². The van der Waals surface area contributed by atoms with Crippen LogP contribution in [0.3, 0.4) is 0 Å². The fourth-order valence-electron chi connectivity index (χ4n) is 2.44. The highest BCUT2D eigenvalue weighted by atomic mass is 15.0. The van der Waals surface area contributed by atoms with E-state index in [1.807, 2.05) is 18.3 Å². The van der Waals surface area contributed by atoms with Crippen LogP contribution in [0.2, 0.25) is 0 Å². The van der Waals surface area contributed by atoms with Gasteiger partial charge in [0, 0.05) is 23.0 Å². The Bertz CT molecular complexity index is 537. The third kappa shape index (κ3) is 1.09. The molecule has 0 radical (unpaired) electrons. The van der Waals surface area contributed by atoms with Crippen molar-refractivity contribution >= 4 is 11.3 Å². The molecule has 3 nitrogen and oxygen atoms in total. The first-order chi connectivity index (χ1) is 7.08. The Morgan fingerprint density at radius 2 is 2.20 bits per heavy atom. The zero-order valence-electron chi connectivity index (χ0n) is 9.12. The molecule has 3 rings (SSSR count). The number of nitrogens with zero attached hydrogens (tertiary/aromatic N) is 2. The molecule has 2 aromatic rings. The number of imidazole rings is 1. The topological polar surface area (TPSA) is 43.3 Å². The molecule has 0 atom stereocenters. The predicted octanol–water partition coefficient (Wildman–Crippen LogP) is 2.14. The maximum Gasteiger partial charge on any atom is 0.137 e. The molecule has 0 unspecified atom stereocenters. The first kappa shape index (κ1) is 8.77. The number of hydrogen-bond acceptors (Lipinski definition) is 2. The van der Waals surface area contributed by atoms with Crippen molar-refractivity contribution in [1.29, 1.82) is 0 Å². The lowest BCUT2D eigenvalue weighted by Crippen LogP contribution is -2.12. The van der Waals surface area contributed by atoms with Crippen LogP contribution in [0, 0.1) is 0 Å². The average molecular weight is 201 g/mol. The molecular formula is C12H15N3. The molecule has 2 aromatic heterocycles.